The van der Waals surface area contributed by atoms with E-state index < -0.39 is 55.4 Å². The van der Waals surface area contributed by atoms with Crippen LogP contribution in [0.4, 0.5) is 0 Å². The van der Waals surface area contributed by atoms with Crippen molar-refractivity contribution >= 4 is 19.4 Å². The number of nitrogens with one attached hydrogen (secondary N) is 1. The maximum absolute atomic E-state index is 13.2. The van der Waals surface area contributed by atoms with Crippen LogP contribution < -0.4 is 11.2 Å². The molecule has 0 amide bonds. The third-order valence-corrected chi connectivity index (χ3v) is 6.36. The SMILES string of the molecule is Cc1cn([C@H]2C=C[C@@H](COP(=O)(OCC(=O)C(C)(C)C)OCC(=O)C(C)(C)C)O2)c(=O)[nH]c1=O. The van der Waals surface area contributed by atoms with E-state index in [-0.39, 0.29) is 18.2 Å². The summed E-state index contributed by atoms with van der Waals surface area (Å²) >= 11 is 0. The van der Waals surface area contributed by atoms with Gasteiger partial charge in [-0.1, -0.05) is 47.6 Å². The molecule has 0 radical (unpaired) electrons. The van der Waals surface area contributed by atoms with Gasteiger partial charge in [-0.15, -0.1) is 0 Å². The summed E-state index contributed by atoms with van der Waals surface area (Å²) in [6.45, 7) is 10.3. The highest BCUT2D eigenvalue weighted by Crippen LogP contribution is 2.50. The molecule has 1 aromatic rings. The van der Waals surface area contributed by atoms with Crippen LogP contribution in [0.15, 0.2) is 27.9 Å². The van der Waals surface area contributed by atoms with E-state index in [0.717, 1.165) is 0 Å². The summed E-state index contributed by atoms with van der Waals surface area (Å²) in [5, 5.41) is 0. The van der Waals surface area contributed by atoms with E-state index in [4.69, 9.17) is 18.3 Å². The van der Waals surface area contributed by atoms with Gasteiger partial charge in [0.1, 0.15) is 19.3 Å². The molecule has 1 N–H and O–H groups in total. The molecule has 0 aromatic carbocycles. The zero-order chi connectivity index (χ0) is 25.9. The quantitative estimate of drug-likeness (QED) is 0.379. The fourth-order valence-electron chi connectivity index (χ4n) is 2.50. The second-order valence-corrected chi connectivity index (χ2v) is 11.7. The number of aromatic nitrogens is 2. The lowest BCUT2D eigenvalue weighted by atomic mass is 9.91. The molecular formula is C22H33N2O9P. The van der Waals surface area contributed by atoms with Crippen molar-refractivity contribution in [1.82, 2.24) is 9.55 Å². The third kappa shape index (κ3) is 7.68. The van der Waals surface area contributed by atoms with Crippen LogP contribution in [0.1, 0.15) is 53.3 Å². The van der Waals surface area contributed by atoms with Crippen LogP contribution >= 0.6 is 7.82 Å². The summed E-state index contributed by atoms with van der Waals surface area (Å²) in [5.41, 5.74) is -2.29. The van der Waals surface area contributed by atoms with Gasteiger partial charge >= 0.3 is 13.5 Å². The van der Waals surface area contributed by atoms with Gasteiger partial charge in [0.2, 0.25) is 0 Å². The fraction of sp³-hybridized carbons (Fsp3) is 0.636. The normalized spacial score (nSPS) is 18.9. The Bertz CT molecular complexity index is 1070. The molecule has 0 bridgehead atoms. The zero-order valence-electron chi connectivity index (χ0n) is 20.6. The monoisotopic (exact) mass is 500 g/mol. The van der Waals surface area contributed by atoms with Gasteiger partial charge in [-0.2, -0.15) is 0 Å². The van der Waals surface area contributed by atoms with Crippen LogP contribution in [-0.4, -0.2) is 47.0 Å². The van der Waals surface area contributed by atoms with Crippen LogP contribution in [0.5, 0.6) is 0 Å². The molecular weight excluding hydrogens is 467 g/mol. The van der Waals surface area contributed by atoms with Gasteiger partial charge in [0.25, 0.3) is 5.56 Å². The number of nitrogens with zero attached hydrogens (tertiary/aromatic N) is 1. The Morgan fingerprint density at radius 2 is 1.53 bits per heavy atom. The maximum atomic E-state index is 13.2. The summed E-state index contributed by atoms with van der Waals surface area (Å²) in [4.78, 5) is 50.3. The number of carbonyl (C=O) groups is 2. The molecule has 12 heteroatoms. The minimum atomic E-state index is -4.31. The lowest BCUT2D eigenvalue weighted by Crippen LogP contribution is -2.33. The summed E-state index contributed by atoms with van der Waals surface area (Å²) in [7, 11) is -4.31. The number of rotatable bonds is 10. The number of hydrogen-bond acceptors (Lipinski definition) is 9. The largest absolute Gasteiger partial charge is 0.475 e. The van der Waals surface area contributed by atoms with E-state index in [1.165, 1.54) is 10.8 Å². The van der Waals surface area contributed by atoms with Crippen LogP contribution in [0.3, 0.4) is 0 Å². The van der Waals surface area contributed by atoms with Crippen LogP contribution in [0.25, 0.3) is 0 Å². The van der Waals surface area contributed by atoms with E-state index in [1.807, 2.05) is 0 Å². The van der Waals surface area contributed by atoms with E-state index in [2.05, 4.69) is 4.98 Å². The summed E-state index contributed by atoms with van der Waals surface area (Å²) < 4.78 is 35.9. The number of carbonyl (C=O) groups excluding carboxylic acids is 2. The molecule has 0 spiro atoms. The number of ketones is 2. The molecule has 0 saturated carbocycles. The molecule has 1 aliphatic rings. The van der Waals surface area contributed by atoms with Crippen molar-refractivity contribution in [3.8, 4) is 0 Å². The number of phosphoric ester groups is 1. The molecule has 34 heavy (non-hydrogen) atoms. The average Bonchev–Trinajstić information content (AvgIpc) is 3.19. The molecule has 0 saturated heterocycles. The van der Waals surface area contributed by atoms with Crippen molar-refractivity contribution in [2.24, 2.45) is 10.8 Å². The second-order valence-electron chi connectivity index (χ2n) is 10.1. The first-order chi connectivity index (χ1) is 15.5. The van der Waals surface area contributed by atoms with Gasteiger partial charge in [0.05, 0.1) is 6.61 Å². The second kappa shape index (κ2) is 10.6. The first-order valence-corrected chi connectivity index (χ1v) is 12.2. The summed E-state index contributed by atoms with van der Waals surface area (Å²) in [6.07, 6.45) is 2.98. The number of H-pyrrole nitrogens is 1. The Balaban J connectivity index is 2.07. The Kier molecular flexibility index (Phi) is 8.77. The predicted octanol–water partition coefficient (Wildman–Crippen LogP) is 2.69. The minimum Gasteiger partial charge on any atom is -0.344 e. The standard InChI is InChI=1S/C22H33N2O9P/c1-14-10-24(20(28)23-19(14)27)18-9-8-15(33-18)11-30-34(29,31-12-16(25)21(2,3)4)32-13-17(26)22(5,6)7/h8-10,15,18H,11-13H2,1-7H3,(H,23,27,28)/t15-,18+/m0/s1. The molecule has 11 nitrogen and oxygen atoms in total. The van der Waals surface area contributed by atoms with E-state index in [1.54, 1.807) is 60.6 Å². The Morgan fingerprint density at radius 3 is 2.03 bits per heavy atom. The summed E-state index contributed by atoms with van der Waals surface area (Å²) in [6, 6.07) is 0. The topological polar surface area (TPSA) is 143 Å². The Labute approximate surface area is 198 Å². The van der Waals surface area contributed by atoms with E-state index in [9.17, 15) is 23.7 Å². The van der Waals surface area contributed by atoms with Crippen molar-refractivity contribution < 1.29 is 32.5 Å². The average molecular weight is 500 g/mol. The Morgan fingerprint density at radius 1 is 1.00 bits per heavy atom. The lowest BCUT2D eigenvalue weighted by Gasteiger charge is -2.23. The van der Waals surface area contributed by atoms with Gasteiger partial charge in [-0.05, 0) is 13.0 Å². The van der Waals surface area contributed by atoms with E-state index >= 15 is 0 Å². The highest BCUT2D eigenvalue weighted by Gasteiger charge is 2.35. The van der Waals surface area contributed by atoms with Gasteiger partial charge in [0, 0.05) is 22.6 Å². The molecule has 2 atom stereocenters. The lowest BCUT2D eigenvalue weighted by molar-refractivity contribution is -0.130. The third-order valence-electron chi connectivity index (χ3n) is 5.00. The van der Waals surface area contributed by atoms with Gasteiger partial charge in [-0.25, -0.2) is 9.36 Å². The van der Waals surface area contributed by atoms with Gasteiger partial charge < -0.3 is 4.74 Å². The van der Waals surface area contributed by atoms with Crippen molar-refractivity contribution in [2.75, 3.05) is 19.8 Å². The first-order valence-electron chi connectivity index (χ1n) is 10.8. The van der Waals surface area contributed by atoms with Crippen molar-refractivity contribution in [3.63, 3.8) is 0 Å². The highest BCUT2D eigenvalue weighted by atomic mass is 31.2. The number of aryl methyl sites for hydroxylation is 1. The van der Waals surface area contributed by atoms with E-state index in [0.29, 0.717) is 5.56 Å². The van der Waals surface area contributed by atoms with Gasteiger partial charge in [-0.3, -0.25) is 37.5 Å². The van der Waals surface area contributed by atoms with Crippen molar-refractivity contribution in [2.45, 2.75) is 60.8 Å². The van der Waals surface area contributed by atoms with Crippen LogP contribution in [0, 0.1) is 17.8 Å². The summed E-state index contributed by atoms with van der Waals surface area (Å²) in [5.74, 6) is -0.654. The first kappa shape index (κ1) is 28.1. The van der Waals surface area contributed by atoms with Crippen LogP contribution in [0.2, 0.25) is 0 Å². The highest BCUT2D eigenvalue weighted by molar-refractivity contribution is 7.48. The van der Waals surface area contributed by atoms with Crippen molar-refractivity contribution in [3.05, 3.63) is 44.8 Å². The molecule has 2 heterocycles. The zero-order valence-corrected chi connectivity index (χ0v) is 21.5. The minimum absolute atomic E-state index is 0.297. The molecule has 0 unspecified atom stereocenters. The molecule has 0 aliphatic carbocycles. The molecule has 1 aromatic heterocycles. The van der Waals surface area contributed by atoms with Crippen LogP contribution in [-0.2, 0) is 32.5 Å². The maximum Gasteiger partial charge on any atom is 0.475 e. The number of hydrogen-bond donors (Lipinski definition) is 1. The molecule has 1 aliphatic heterocycles. The predicted molar refractivity (Wildman–Crippen MR) is 123 cm³/mol. The number of phosphoric acid groups is 1. The molecule has 190 valence electrons. The fourth-order valence-corrected chi connectivity index (χ4v) is 3.61. The van der Waals surface area contributed by atoms with Gasteiger partial charge in [0.15, 0.2) is 17.8 Å². The smallest absolute Gasteiger partial charge is 0.344 e. The number of ether oxygens (including phenoxy) is 1. The number of aromatic amines is 1. The Hall–Kier alpha value is -2.17. The molecule has 0 fully saturated rings. The van der Waals surface area contributed by atoms with Crippen molar-refractivity contribution in [1.29, 1.82) is 0 Å². The molecule has 2 rings (SSSR count). The number of Topliss-reactive ketones (excluding diaryl/α,β-unsaturated/α-hetero) is 2.